The van der Waals surface area contributed by atoms with Crippen LogP contribution in [-0.4, -0.2) is 18.1 Å². The van der Waals surface area contributed by atoms with E-state index in [4.69, 9.17) is 10.00 Å². The summed E-state index contributed by atoms with van der Waals surface area (Å²) >= 11 is 3.13. The average molecular weight is 343 g/mol. The third-order valence-electron chi connectivity index (χ3n) is 3.04. The van der Waals surface area contributed by atoms with Crippen LogP contribution in [0.5, 0.6) is 5.75 Å². The van der Waals surface area contributed by atoms with Gasteiger partial charge in [0.1, 0.15) is 5.54 Å². The van der Waals surface area contributed by atoms with Crippen molar-refractivity contribution >= 4 is 21.8 Å². The van der Waals surface area contributed by atoms with Crippen LogP contribution in [0.25, 0.3) is 0 Å². The van der Waals surface area contributed by atoms with Crippen molar-refractivity contribution in [2.24, 2.45) is 5.92 Å². The predicted octanol–water partition coefficient (Wildman–Crippen LogP) is 3.02. The molecular weight excluding hydrogens is 327 g/mol. The zero-order valence-electron chi connectivity index (χ0n) is 11.5. The first-order valence-corrected chi connectivity index (χ1v) is 6.88. The number of benzene rings is 1. The Kier molecular flexibility index (Phi) is 5.52. The molecule has 1 atom stereocenters. The molecule has 1 aromatic carbocycles. The lowest BCUT2D eigenvalue weighted by molar-refractivity contribution is -0.124. The Hall–Kier alpha value is -1.61. The quantitative estimate of drug-likeness (QED) is 0.894. The third kappa shape index (κ3) is 4.20. The number of nitrogens with zero attached hydrogens (tertiary/aromatic N) is 1. The van der Waals surface area contributed by atoms with Gasteiger partial charge in [0, 0.05) is 4.47 Å². The minimum absolute atomic E-state index is 0.00782. The van der Waals surface area contributed by atoms with Gasteiger partial charge < -0.3 is 10.1 Å². The molecule has 4 nitrogen and oxygen atoms in total. The monoisotopic (exact) mass is 342 g/mol. The molecular formula is C14H16BrFN2O2. The van der Waals surface area contributed by atoms with Gasteiger partial charge in [-0.1, -0.05) is 29.8 Å². The maximum absolute atomic E-state index is 13.5. The molecule has 108 valence electrons. The number of carbonyl (C=O) groups excluding carboxylic acids is 1. The number of hydrogen-bond acceptors (Lipinski definition) is 3. The highest BCUT2D eigenvalue weighted by Crippen LogP contribution is 2.21. The van der Waals surface area contributed by atoms with Gasteiger partial charge in [-0.2, -0.15) is 5.26 Å². The molecule has 1 amide bonds. The van der Waals surface area contributed by atoms with Crippen molar-refractivity contribution in [3.63, 3.8) is 0 Å². The van der Waals surface area contributed by atoms with Crippen LogP contribution in [0.4, 0.5) is 4.39 Å². The van der Waals surface area contributed by atoms with Crippen molar-refractivity contribution in [2.45, 2.75) is 26.3 Å². The zero-order valence-corrected chi connectivity index (χ0v) is 13.1. The number of hydrogen-bond donors (Lipinski definition) is 1. The standard InChI is InChI=1S/C14H16BrFN2O2/c1-9(2)14(3,8-17)18-13(19)7-20-12-5-4-10(15)6-11(12)16/h4-6,9H,7H2,1-3H3,(H,18,19). The minimum atomic E-state index is -0.974. The fourth-order valence-corrected chi connectivity index (χ4v) is 1.70. The van der Waals surface area contributed by atoms with E-state index in [1.54, 1.807) is 13.0 Å². The van der Waals surface area contributed by atoms with Crippen LogP contribution in [-0.2, 0) is 4.79 Å². The van der Waals surface area contributed by atoms with Crippen LogP contribution < -0.4 is 10.1 Å². The van der Waals surface area contributed by atoms with E-state index in [1.807, 2.05) is 13.8 Å². The summed E-state index contributed by atoms with van der Waals surface area (Å²) in [6, 6.07) is 6.35. The molecule has 0 radical (unpaired) electrons. The van der Waals surface area contributed by atoms with Crippen LogP contribution in [0, 0.1) is 23.1 Å². The fraction of sp³-hybridized carbons (Fsp3) is 0.429. The Morgan fingerprint density at radius 3 is 2.75 bits per heavy atom. The van der Waals surface area contributed by atoms with Gasteiger partial charge in [-0.3, -0.25) is 4.79 Å². The van der Waals surface area contributed by atoms with E-state index in [2.05, 4.69) is 27.3 Å². The number of halogens is 2. The second kappa shape index (κ2) is 6.71. The molecule has 0 saturated heterocycles. The normalized spacial score (nSPS) is 13.4. The van der Waals surface area contributed by atoms with E-state index >= 15 is 0 Å². The molecule has 1 unspecified atom stereocenters. The molecule has 0 aliphatic rings. The molecule has 1 N–H and O–H groups in total. The molecule has 1 rings (SSSR count). The van der Waals surface area contributed by atoms with E-state index in [-0.39, 0.29) is 18.3 Å². The maximum atomic E-state index is 13.5. The molecule has 0 bridgehead atoms. The topological polar surface area (TPSA) is 62.1 Å². The summed E-state index contributed by atoms with van der Waals surface area (Å²) in [6.45, 7) is 4.95. The molecule has 20 heavy (non-hydrogen) atoms. The predicted molar refractivity (Wildman–Crippen MR) is 76.6 cm³/mol. The van der Waals surface area contributed by atoms with Crippen molar-refractivity contribution in [3.8, 4) is 11.8 Å². The highest BCUT2D eigenvalue weighted by molar-refractivity contribution is 9.10. The number of rotatable bonds is 5. The van der Waals surface area contributed by atoms with Gasteiger partial charge in [0.05, 0.1) is 6.07 Å². The number of carbonyl (C=O) groups is 1. The zero-order chi connectivity index (χ0) is 15.3. The van der Waals surface area contributed by atoms with Gasteiger partial charge >= 0.3 is 0 Å². The first-order valence-electron chi connectivity index (χ1n) is 6.08. The van der Waals surface area contributed by atoms with E-state index < -0.39 is 17.3 Å². The van der Waals surface area contributed by atoms with Crippen LogP contribution >= 0.6 is 15.9 Å². The van der Waals surface area contributed by atoms with E-state index in [9.17, 15) is 9.18 Å². The van der Waals surface area contributed by atoms with Crippen molar-refractivity contribution in [2.75, 3.05) is 6.61 Å². The number of amides is 1. The Bertz CT molecular complexity index is 542. The lowest BCUT2D eigenvalue weighted by Crippen LogP contribution is -2.50. The molecule has 0 aromatic heterocycles. The molecule has 0 aliphatic heterocycles. The fourth-order valence-electron chi connectivity index (χ4n) is 1.36. The van der Waals surface area contributed by atoms with Gasteiger partial charge in [-0.15, -0.1) is 0 Å². The first kappa shape index (κ1) is 16.4. The molecule has 0 aliphatic carbocycles. The Morgan fingerprint density at radius 1 is 1.60 bits per heavy atom. The highest BCUT2D eigenvalue weighted by atomic mass is 79.9. The maximum Gasteiger partial charge on any atom is 0.259 e. The number of nitriles is 1. The van der Waals surface area contributed by atoms with E-state index in [0.29, 0.717) is 4.47 Å². The number of nitrogens with one attached hydrogen (secondary N) is 1. The molecule has 0 saturated carbocycles. The van der Waals surface area contributed by atoms with Gasteiger partial charge in [-0.05, 0) is 31.0 Å². The summed E-state index contributed by atoms with van der Waals surface area (Å²) in [5.41, 5.74) is -0.974. The van der Waals surface area contributed by atoms with E-state index in [1.165, 1.54) is 12.1 Å². The second-order valence-electron chi connectivity index (χ2n) is 4.88. The Labute approximate surface area is 126 Å². The molecule has 1 aromatic rings. The lowest BCUT2D eigenvalue weighted by atomic mass is 9.90. The summed E-state index contributed by atoms with van der Waals surface area (Å²) < 4.78 is 19.2. The first-order chi connectivity index (χ1) is 9.28. The van der Waals surface area contributed by atoms with Crippen molar-refractivity contribution < 1.29 is 13.9 Å². The van der Waals surface area contributed by atoms with Crippen LogP contribution in [0.3, 0.4) is 0 Å². The van der Waals surface area contributed by atoms with E-state index in [0.717, 1.165) is 0 Å². The van der Waals surface area contributed by atoms with Gasteiger partial charge in [0.15, 0.2) is 18.2 Å². The molecule has 0 spiro atoms. The molecule has 0 fully saturated rings. The SMILES string of the molecule is CC(C)C(C)(C#N)NC(=O)COc1ccc(Br)cc1F. The summed E-state index contributed by atoms with van der Waals surface area (Å²) in [7, 11) is 0. The largest absolute Gasteiger partial charge is 0.481 e. The van der Waals surface area contributed by atoms with Gasteiger partial charge in [0.25, 0.3) is 5.91 Å². The van der Waals surface area contributed by atoms with Crippen molar-refractivity contribution in [1.29, 1.82) is 5.26 Å². The van der Waals surface area contributed by atoms with Crippen molar-refractivity contribution in [1.82, 2.24) is 5.32 Å². The average Bonchev–Trinajstić information content (AvgIpc) is 2.37. The van der Waals surface area contributed by atoms with Crippen LogP contribution in [0.1, 0.15) is 20.8 Å². The van der Waals surface area contributed by atoms with Crippen LogP contribution in [0.15, 0.2) is 22.7 Å². The molecule has 0 heterocycles. The van der Waals surface area contributed by atoms with Gasteiger partial charge in [0.2, 0.25) is 0 Å². The summed E-state index contributed by atoms with van der Waals surface area (Å²) in [6.07, 6.45) is 0. The van der Waals surface area contributed by atoms with Gasteiger partial charge in [-0.25, -0.2) is 4.39 Å². The summed E-state index contributed by atoms with van der Waals surface area (Å²) in [5, 5.41) is 11.7. The van der Waals surface area contributed by atoms with Crippen LogP contribution in [0.2, 0.25) is 0 Å². The third-order valence-corrected chi connectivity index (χ3v) is 3.53. The Morgan fingerprint density at radius 2 is 2.25 bits per heavy atom. The lowest BCUT2D eigenvalue weighted by Gasteiger charge is -2.27. The Balaban J connectivity index is 2.62. The van der Waals surface area contributed by atoms with Crippen molar-refractivity contribution in [3.05, 3.63) is 28.5 Å². The molecule has 6 heteroatoms. The second-order valence-corrected chi connectivity index (χ2v) is 5.80. The summed E-state index contributed by atoms with van der Waals surface area (Å²) in [4.78, 5) is 11.8. The number of ether oxygens (including phenoxy) is 1. The smallest absolute Gasteiger partial charge is 0.259 e. The summed E-state index contributed by atoms with van der Waals surface area (Å²) in [5.74, 6) is -1.09. The highest BCUT2D eigenvalue weighted by Gasteiger charge is 2.30. The minimum Gasteiger partial charge on any atom is -0.481 e.